The quantitative estimate of drug-likeness (QED) is 0.821. The van der Waals surface area contributed by atoms with Gasteiger partial charge in [-0.3, -0.25) is 4.90 Å². The Morgan fingerprint density at radius 1 is 1.28 bits per heavy atom. The molecule has 1 aromatic carbocycles. The van der Waals surface area contributed by atoms with E-state index in [2.05, 4.69) is 54.3 Å². The molecule has 0 radical (unpaired) electrons. The summed E-state index contributed by atoms with van der Waals surface area (Å²) in [4.78, 5) is 2.25. The van der Waals surface area contributed by atoms with E-state index in [1.807, 2.05) is 4.68 Å². The zero-order valence-corrected chi connectivity index (χ0v) is 15.2. The molecule has 0 N–H and O–H groups in total. The zero-order valence-electron chi connectivity index (χ0n) is 15.2. The van der Waals surface area contributed by atoms with Gasteiger partial charge in [0, 0.05) is 12.1 Å². The van der Waals surface area contributed by atoms with Crippen molar-refractivity contribution in [3.63, 3.8) is 0 Å². The van der Waals surface area contributed by atoms with E-state index < -0.39 is 0 Å². The largest absolute Gasteiger partial charge is 0.492 e. The van der Waals surface area contributed by atoms with Gasteiger partial charge in [-0.25, -0.2) is 4.68 Å². The molecule has 3 heterocycles. The molecule has 1 atom stereocenters. The lowest BCUT2D eigenvalue weighted by molar-refractivity contribution is 0.170. The maximum Gasteiger partial charge on any atom is 0.231 e. The lowest BCUT2D eigenvalue weighted by atomic mass is 9.90. The third-order valence-corrected chi connectivity index (χ3v) is 4.77. The van der Waals surface area contributed by atoms with Crippen molar-refractivity contribution >= 4 is 0 Å². The van der Waals surface area contributed by atoms with Gasteiger partial charge in [0.1, 0.15) is 6.04 Å². The van der Waals surface area contributed by atoms with Crippen molar-refractivity contribution in [2.24, 2.45) is 0 Å². The summed E-state index contributed by atoms with van der Waals surface area (Å²) in [6.45, 7) is 7.39. The van der Waals surface area contributed by atoms with Crippen LogP contribution in [0.25, 0.3) is 0 Å². The van der Waals surface area contributed by atoms with Crippen LogP contribution in [0.1, 0.15) is 43.8 Å². The van der Waals surface area contributed by atoms with Gasteiger partial charge in [0.05, 0.1) is 12.6 Å². The highest BCUT2D eigenvalue weighted by Crippen LogP contribution is 2.50. The number of hydrogen-bond acceptors (Lipinski definition) is 7. The average molecular weight is 345 g/mol. The Morgan fingerprint density at radius 3 is 2.80 bits per heavy atom. The van der Waals surface area contributed by atoms with E-state index in [1.165, 1.54) is 5.56 Å². The molecule has 0 saturated heterocycles. The van der Waals surface area contributed by atoms with Crippen molar-refractivity contribution in [3.05, 3.63) is 23.0 Å². The Labute approximate surface area is 146 Å². The number of hydrogen-bond donors (Lipinski definition) is 0. The molecule has 1 aromatic heterocycles. The molecule has 134 valence electrons. The highest BCUT2D eigenvalue weighted by atomic mass is 16.7. The van der Waals surface area contributed by atoms with Gasteiger partial charge in [0.25, 0.3) is 0 Å². The minimum Gasteiger partial charge on any atom is -0.492 e. The molecule has 2 aliphatic heterocycles. The van der Waals surface area contributed by atoms with Gasteiger partial charge in [0.2, 0.25) is 12.5 Å². The van der Waals surface area contributed by atoms with Crippen molar-refractivity contribution in [1.82, 2.24) is 25.1 Å². The van der Waals surface area contributed by atoms with E-state index >= 15 is 0 Å². The summed E-state index contributed by atoms with van der Waals surface area (Å²) in [6, 6.07) is 1.95. The second kappa shape index (κ2) is 5.59. The highest BCUT2D eigenvalue weighted by molar-refractivity contribution is 5.62. The molecule has 8 heteroatoms. The van der Waals surface area contributed by atoms with Gasteiger partial charge in [-0.1, -0.05) is 0 Å². The van der Waals surface area contributed by atoms with Gasteiger partial charge in [0.15, 0.2) is 17.3 Å². The number of benzene rings is 1. The molecule has 0 saturated carbocycles. The molecule has 2 aliphatic rings. The number of nitrogens with zero attached hydrogens (tertiary/aromatic N) is 5. The Kier molecular flexibility index (Phi) is 3.61. The zero-order chi connectivity index (χ0) is 17.8. The third kappa shape index (κ3) is 2.43. The monoisotopic (exact) mass is 345 g/mol. The predicted octanol–water partition coefficient (Wildman–Crippen LogP) is 1.74. The molecule has 0 spiro atoms. The number of fused-ring (bicyclic) bond motifs is 2. The van der Waals surface area contributed by atoms with Crippen LogP contribution in [0.15, 0.2) is 6.07 Å². The number of aromatic nitrogens is 4. The average Bonchev–Trinajstić information content (AvgIpc) is 3.21. The normalized spacial score (nSPS) is 19.8. The number of rotatable bonds is 2. The van der Waals surface area contributed by atoms with Crippen molar-refractivity contribution < 1.29 is 14.2 Å². The van der Waals surface area contributed by atoms with E-state index in [9.17, 15) is 0 Å². The molecular weight excluding hydrogens is 322 g/mol. The van der Waals surface area contributed by atoms with Crippen LogP contribution in [0.2, 0.25) is 0 Å². The molecule has 0 fully saturated rings. The first kappa shape index (κ1) is 16.1. The number of likely N-dealkylation sites (N-methyl/N-ethyl adjacent to an activating group) is 1. The second-order valence-electron chi connectivity index (χ2n) is 7.47. The number of ether oxygens (including phenoxy) is 3. The van der Waals surface area contributed by atoms with E-state index in [-0.39, 0.29) is 18.4 Å². The lowest BCUT2D eigenvalue weighted by Gasteiger charge is -2.36. The topological polar surface area (TPSA) is 74.5 Å². The smallest absolute Gasteiger partial charge is 0.231 e. The Hall–Kier alpha value is -2.35. The van der Waals surface area contributed by atoms with Crippen LogP contribution in [0, 0.1) is 0 Å². The van der Waals surface area contributed by atoms with Crippen LogP contribution in [0.5, 0.6) is 17.2 Å². The van der Waals surface area contributed by atoms with Crippen molar-refractivity contribution in [1.29, 1.82) is 0 Å². The van der Waals surface area contributed by atoms with Gasteiger partial charge in [-0.05, 0) is 56.3 Å². The Bertz CT molecular complexity index is 811. The van der Waals surface area contributed by atoms with E-state index in [1.54, 1.807) is 7.11 Å². The molecule has 4 rings (SSSR count). The van der Waals surface area contributed by atoms with E-state index in [0.29, 0.717) is 11.5 Å². The van der Waals surface area contributed by atoms with Crippen LogP contribution in [-0.2, 0) is 12.0 Å². The molecular formula is C17H23N5O3. The van der Waals surface area contributed by atoms with E-state index in [0.717, 1.165) is 30.1 Å². The molecule has 0 bridgehead atoms. The van der Waals surface area contributed by atoms with Crippen molar-refractivity contribution in [3.8, 4) is 17.2 Å². The van der Waals surface area contributed by atoms with Crippen LogP contribution >= 0.6 is 0 Å². The maximum atomic E-state index is 5.75. The highest BCUT2D eigenvalue weighted by Gasteiger charge is 2.38. The van der Waals surface area contributed by atoms with Gasteiger partial charge >= 0.3 is 0 Å². The fourth-order valence-electron chi connectivity index (χ4n) is 3.60. The summed E-state index contributed by atoms with van der Waals surface area (Å²) >= 11 is 0. The Balaban J connectivity index is 1.94. The molecule has 0 unspecified atom stereocenters. The first-order valence-corrected chi connectivity index (χ1v) is 8.40. The minimum absolute atomic E-state index is 0.109. The minimum atomic E-state index is -0.221. The van der Waals surface area contributed by atoms with Crippen LogP contribution in [0.4, 0.5) is 0 Å². The summed E-state index contributed by atoms with van der Waals surface area (Å²) in [6.07, 6.45) is 0.909. The lowest BCUT2D eigenvalue weighted by Crippen LogP contribution is -2.37. The summed E-state index contributed by atoms with van der Waals surface area (Å²) in [5.74, 6) is 2.92. The molecule has 8 nitrogen and oxygen atoms in total. The van der Waals surface area contributed by atoms with Crippen LogP contribution < -0.4 is 14.2 Å². The van der Waals surface area contributed by atoms with Crippen molar-refractivity contribution in [2.75, 3.05) is 27.5 Å². The van der Waals surface area contributed by atoms with Gasteiger partial charge in [-0.15, -0.1) is 5.10 Å². The third-order valence-electron chi connectivity index (χ3n) is 4.77. The molecule has 0 amide bonds. The maximum absolute atomic E-state index is 5.75. The Morgan fingerprint density at radius 2 is 2.08 bits per heavy atom. The summed E-state index contributed by atoms with van der Waals surface area (Å²) < 4.78 is 18.9. The second-order valence-corrected chi connectivity index (χ2v) is 7.47. The first-order valence-electron chi connectivity index (χ1n) is 8.40. The van der Waals surface area contributed by atoms with Gasteiger partial charge in [-0.2, -0.15) is 0 Å². The first-order chi connectivity index (χ1) is 11.9. The standard InChI is InChI=1S/C17H23N5O3/c1-17(2,3)22-16(18-19-20-22)13-12-10(6-7-21(13)4)8-11-14(15(12)23-5)25-9-24-11/h8,13H,6-7,9H2,1-5H3/t13-/m0/s1. The molecule has 0 aliphatic carbocycles. The number of methoxy groups -OCH3 is 1. The summed E-state index contributed by atoms with van der Waals surface area (Å²) in [5, 5.41) is 12.5. The van der Waals surface area contributed by atoms with Crippen molar-refractivity contribution in [2.45, 2.75) is 38.8 Å². The van der Waals surface area contributed by atoms with Gasteiger partial charge < -0.3 is 14.2 Å². The fourth-order valence-corrected chi connectivity index (χ4v) is 3.60. The fraction of sp³-hybridized carbons (Fsp3) is 0.588. The molecule has 2 aromatic rings. The SMILES string of the molecule is COc1c2c(cc3c1[C@@H](c1nnnn1C(C)(C)C)N(C)CC3)OCO2. The summed E-state index contributed by atoms with van der Waals surface area (Å²) in [5.41, 5.74) is 2.02. The summed E-state index contributed by atoms with van der Waals surface area (Å²) in [7, 11) is 3.75. The van der Waals surface area contributed by atoms with Crippen LogP contribution in [0.3, 0.4) is 0 Å². The van der Waals surface area contributed by atoms with E-state index in [4.69, 9.17) is 14.2 Å². The van der Waals surface area contributed by atoms with Crippen LogP contribution in [-0.4, -0.2) is 52.6 Å². The predicted molar refractivity (Wildman–Crippen MR) is 90.1 cm³/mol. The molecule has 25 heavy (non-hydrogen) atoms. The number of tetrazole rings is 1.